The molecule has 1 atom stereocenters. The van der Waals surface area contributed by atoms with Crippen molar-refractivity contribution in [3.63, 3.8) is 0 Å². The molecule has 0 bridgehead atoms. The van der Waals surface area contributed by atoms with Gasteiger partial charge in [0.2, 0.25) is 0 Å². The van der Waals surface area contributed by atoms with Gasteiger partial charge in [-0.25, -0.2) is 14.2 Å². The minimum absolute atomic E-state index is 0.0972. The lowest BCUT2D eigenvalue weighted by Gasteiger charge is -2.20. The van der Waals surface area contributed by atoms with E-state index in [9.17, 15) is 9.18 Å². The van der Waals surface area contributed by atoms with Crippen molar-refractivity contribution in [3.8, 4) is 0 Å². The van der Waals surface area contributed by atoms with Crippen LogP contribution in [0.1, 0.15) is 0 Å². The summed E-state index contributed by atoms with van der Waals surface area (Å²) in [5.41, 5.74) is 0.530. The number of urea groups is 1. The number of carbonyl (C=O) groups excluding carboxylic acids is 1. The molecule has 0 spiro atoms. The number of methoxy groups -OCH3 is 1. The molecule has 1 aliphatic rings. The van der Waals surface area contributed by atoms with Gasteiger partial charge in [-0.05, 0) is 12.1 Å². The third-order valence-electron chi connectivity index (χ3n) is 3.33. The summed E-state index contributed by atoms with van der Waals surface area (Å²) in [5, 5.41) is 3.61. The Morgan fingerprint density at radius 3 is 3.14 bits per heavy atom. The normalized spacial score (nSPS) is 18.7. The van der Waals surface area contributed by atoms with Gasteiger partial charge < -0.3 is 9.64 Å². The molecule has 9 heteroatoms. The summed E-state index contributed by atoms with van der Waals surface area (Å²) in [6.07, 6.45) is -0.295. The SMILES string of the molecule is COCNC1CN(CCl)C(=O)N1c1nc2cc(F)ccc2s1. The average molecular weight is 345 g/mol. The van der Waals surface area contributed by atoms with Gasteiger partial charge in [0.25, 0.3) is 0 Å². The highest BCUT2D eigenvalue weighted by Gasteiger charge is 2.39. The number of thiazole rings is 1. The van der Waals surface area contributed by atoms with Gasteiger partial charge in [0.05, 0.1) is 29.5 Å². The smallest absolute Gasteiger partial charge is 0.328 e. The van der Waals surface area contributed by atoms with Crippen LogP contribution in [0.3, 0.4) is 0 Å². The maximum absolute atomic E-state index is 13.3. The van der Waals surface area contributed by atoms with E-state index in [1.54, 1.807) is 13.2 Å². The Kier molecular flexibility index (Phi) is 4.44. The number of alkyl halides is 1. The van der Waals surface area contributed by atoms with E-state index in [1.807, 2.05) is 0 Å². The summed E-state index contributed by atoms with van der Waals surface area (Å²) in [7, 11) is 1.56. The van der Waals surface area contributed by atoms with Gasteiger partial charge in [0.1, 0.15) is 12.0 Å². The van der Waals surface area contributed by atoms with Gasteiger partial charge in [-0.3, -0.25) is 10.2 Å². The van der Waals surface area contributed by atoms with Crippen LogP contribution in [0.5, 0.6) is 0 Å². The standard InChI is InChI=1S/C13H14ClFN4O2S/c1-21-7-16-11-5-18(6-14)13(20)19(11)12-17-9-4-8(15)2-3-10(9)22-12/h2-4,11,16H,5-7H2,1H3. The Bertz CT molecular complexity index is 698. The van der Waals surface area contributed by atoms with Crippen LogP contribution in [0.2, 0.25) is 0 Å². The molecular formula is C13H14ClFN4O2S. The molecule has 1 aliphatic heterocycles. The first kappa shape index (κ1) is 15.4. The second-order valence-electron chi connectivity index (χ2n) is 4.76. The van der Waals surface area contributed by atoms with Crippen LogP contribution < -0.4 is 10.2 Å². The lowest BCUT2D eigenvalue weighted by molar-refractivity contribution is 0.164. The number of hydrogen-bond acceptors (Lipinski definition) is 5. The van der Waals surface area contributed by atoms with Crippen molar-refractivity contribution in [1.82, 2.24) is 15.2 Å². The number of nitrogens with zero attached hydrogens (tertiary/aromatic N) is 3. The summed E-state index contributed by atoms with van der Waals surface area (Å²) in [5.74, 6) is -0.353. The van der Waals surface area contributed by atoms with Crippen LogP contribution in [0, 0.1) is 5.82 Å². The summed E-state index contributed by atoms with van der Waals surface area (Å²) in [4.78, 5) is 19.8. The zero-order valence-corrected chi connectivity index (χ0v) is 13.3. The molecule has 2 heterocycles. The highest BCUT2D eigenvalue weighted by Crippen LogP contribution is 2.32. The molecule has 1 aromatic carbocycles. The Labute approximate surface area is 135 Å². The topological polar surface area (TPSA) is 57.7 Å². The lowest BCUT2D eigenvalue weighted by Crippen LogP contribution is -2.45. The molecule has 0 radical (unpaired) electrons. The predicted molar refractivity (Wildman–Crippen MR) is 83.7 cm³/mol. The van der Waals surface area contributed by atoms with E-state index in [0.29, 0.717) is 23.9 Å². The lowest BCUT2D eigenvalue weighted by atomic mass is 10.3. The second kappa shape index (κ2) is 6.33. The molecule has 6 nitrogen and oxygen atoms in total. The average Bonchev–Trinajstić information content (AvgIpc) is 3.04. The molecule has 1 N–H and O–H groups in total. The molecule has 1 unspecified atom stereocenters. The maximum atomic E-state index is 13.3. The van der Waals surface area contributed by atoms with Gasteiger partial charge >= 0.3 is 6.03 Å². The van der Waals surface area contributed by atoms with Gasteiger partial charge in [-0.2, -0.15) is 0 Å². The Balaban J connectivity index is 1.95. The fraction of sp³-hybridized carbons (Fsp3) is 0.385. The number of halogens is 2. The summed E-state index contributed by atoms with van der Waals surface area (Å²) < 4.78 is 19.1. The van der Waals surface area contributed by atoms with Gasteiger partial charge in [-0.15, -0.1) is 11.6 Å². The third kappa shape index (κ3) is 2.74. The van der Waals surface area contributed by atoms with E-state index in [4.69, 9.17) is 16.3 Å². The third-order valence-corrected chi connectivity index (χ3v) is 4.66. The first-order valence-corrected chi connectivity index (χ1v) is 7.91. The molecule has 3 rings (SSSR count). The molecule has 1 fully saturated rings. The quantitative estimate of drug-likeness (QED) is 0.514. The number of fused-ring (bicyclic) bond motifs is 1. The molecule has 22 heavy (non-hydrogen) atoms. The van der Waals surface area contributed by atoms with Crippen LogP contribution in [0.4, 0.5) is 14.3 Å². The second-order valence-corrected chi connectivity index (χ2v) is 6.00. The van der Waals surface area contributed by atoms with E-state index >= 15 is 0 Å². The molecule has 1 saturated heterocycles. The van der Waals surface area contributed by atoms with E-state index < -0.39 is 0 Å². The molecule has 1 aromatic heterocycles. The number of nitrogens with one attached hydrogen (secondary N) is 1. The van der Waals surface area contributed by atoms with Crippen molar-refractivity contribution >= 4 is 44.3 Å². The largest absolute Gasteiger partial charge is 0.369 e. The van der Waals surface area contributed by atoms with Crippen molar-refractivity contribution in [2.24, 2.45) is 0 Å². The Morgan fingerprint density at radius 2 is 2.41 bits per heavy atom. The molecular weight excluding hydrogens is 331 g/mol. The fourth-order valence-corrected chi connectivity index (χ4v) is 3.49. The molecule has 118 valence electrons. The number of amides is 2. The monoisotopic (exact) mass is 344 g/mol. The Hall–Kier alpha value is -1.48. The number of hydrogen-bond donors (Lipinski definition) is 1. The van der Waals surface area contributed by atoms with Crippen molar-refractivity contribution in [1.29, 1.82) is 0 Å². The first-order valence-electron chi connectivity index (χ1n) is 6.56. The fourth-order valence-electron chi connectivity index (χ4n) is 2.30. The van der Waals surface area contributed by atoms with Crippen LogP contribution in [0.15, 0.2) is 18.2 Å². The molecule has 2 aromatic rings. The van der Waals surface area contributed by atoms with Crippen molar-refractivity contribution in [3.05, 3.63) is 24.0 Å². The number of aromatic nitrogens is 1. The number of benzene rings is 1. The van der Waals surface area contributed by atoms with Crippen LogP contribution >= 0.6 is 22.9 Å². The minimum atomic E-state index is -0.353. The number of anilines is 1. The highest BCUT2D eigenvalue weighted by atomic mass is 35.5. The zero-order valence-electron chi connectivity index (χ0n) is 11.8. The van der Waals surface area contributed by atoms with Crippen LogP contribution in [-0.2, 0) is 4.74 Å². The summed E-state index contributed by atoms with van der Waals surface area (Å²) in [6, 6.07) is 4.25. The maximum Gasteiger partial charge on any atom is 0.328 e. The molecule has 0 saturated carbocycles. The van der Waals surface area contributed by atoms with E-state index in [2.05, 4.69) is 10.3 Å². The minimum Gasteiger partial charge on any atom is -0.369 e. The van der Waals surface area contributed by atoms with Crippen LogP contribution in [0.25, 0.3) is 10.2 Å². The van der Waals surface area contributed by atoms with E-state index in [-0.39, 0.29) is 24.0 Å². The zero-order chi connectivity index (χ0) is 15.7. The Morgan fingerprint density at radius 1 is 1.59 bits per heavy atom. The van der Waals surface area contributed by atoms with Crippen molar-refractivity contribution in [2.45, 2.75) is 6.17 Å². The van der Waals surface area contributed by atoms with Gasteiger partial charge in [0.15, 0.2) is 5.13 Å². The van der Waals surface area contributed by atoms with Gasteiger partial charge in [-0.1, -0.05) is 11.3 Å². The first-order chi connectivity index (χ1) is 10.6. The number of ether oxygens (including phenoxy) is 1. The summed E-state index contributed by atoms with van der Waals surface area (Å²) in [6.45, 7) is 0.722. The number of carbonyl (C=O) groups is 1. The van der Waals surface area contributed by atoms with Crippen LogP contribution in [-0.4, -0.2) is 48.5 Å². The summed E-state index contributed by atoms with van der Waals surface area (Å²) >= 11 is 7.14. The van der Waals surface area contributed by atoms with Crippen molar-refractivity contribution < 1.29 is 13.9 Å². The molecule has 2 amide bonds. The number of rotatable bonds is 5. The highest BCUT2D eigenvalue weighted by molar-refractivity contribution is 7.22. The van der Waals surface area contributed by atoms with Crippen molar-refractivity contribution in [2.75, 3.05) is 31.3 Å². The van der Waals surface area contributed by atoms with E-state index in [0.717, 1.165) is 4.70 Å². The predicted octanol–water partition coefficient (Wildman–Crippen LogP) is 2.39. The van der Waals surface area contributed by atoms with E-state index in [1.165, 1.54) is 33.3 Å². The molecule has 0 aliphatic carbocycles. The van der Waals surface area contributed by atoms with Gasteiger partial charge in [0, 0.05) is 13.2 Å².